The van der Waals surface area contributed by atoms with Crippen molar-refractivity contribution >= 4 is 31.6 Å². The normalized spacial score (nSPS) is 11.8. The zero-order valence-corrected chi connectivity index (χ0v) is 18.4. The van der Waals surface area contributed by atoms with Crippen LogP contribution in [0.2, 0.25) is 0 Å². The molecule has 32 heavy (non-hydrogen) atoms. The van der Waals surface area contributed by atoms with Crippen LogP contribution in [0.25, 0.3) is 21.3 Å². The standard InChI is InChI=1S/C23H18N4O3S2/c28-32(29,18-9-5-2-6-10-18)24-15-22-27-26-21(30-22)14-23-25-19-12-11-17(13-20(19)31-23)16-7-3-1-4-8-16/h1-13,24H,14-15H2. The van der Waals surface area contributed by atoms with Crippen LogP contribution in [0, 0.1) is 0 Å². The highest BCUT2D eigenvalue weighted by Gasteiger charge is 2.16. The van der Waals surface area contributed by atoms with Gasteiger partial charge < -0.3 is 4.42 Å². The first-order chi connectivity index (χ1) is 15.6. The van der Waals surface area contributed by atoms with E-state index in [0.717, 1.165) is 26.4 Å². The first kappa shape index (κ1) is 20.5. The highest BCUT2D eigenvalue weighted by atomic mass is 32.2. The SMILES string of the molecule is O=S(=O)(NCc1nnc(Cc2nc3ccc(-c4ccccc4)cc3s2)o1)c1ccccc1. The molecule has 0 spiro atoms. The summed E-state index contributed by atoms with van der Waals surface area (Å²) in [6.45, 7) is -0.0789. The third-order valence-electron chi connectivity index (χ3n) is 4.82. The Hall–Kier alpha value is -3.40. The highest BCUT2D eigenvalue weighted by Crippen LogP contribution is 2.29. The first-order valence-corrected chi connectivity index (χ1v) is 12.2. The van der Waals surface area contributed by atoms with Crippen LogP contribution in [0.4, 0.5) is 0 Å². The van der Waals surface area contributed by atoms with Gasteiger partial charge in [0.1, 0.15) is 5.01 Å². The van der Waals surface area contributed by atoms with Crippen LogP contribution >= 0.6 is 11.3 Å². The number of benzene rings is 3. The molecule has 0 fully saturated rings. The zero-order valence-electron chi connectivity index (χ0n) is 16.8. The van der Waals surface area contributed by atoms with Crippen molar-refractivity contribution in [3.63, 3.8) is 0 Å². The Morgan fingerprint density at radius 2 is 1.56 bits per heavy atom. The summed E-state index contributed by atoms with van der Waals surface area (Å²) in [5, 5.41) is 8.84. The first-order valence-electron chi connectivity index (χ1n) is 9.88. The van der Waals surface area contributed by atoms with Gasteiger partial charge in [0.2, 0.25) is 21.8 Å². The number of nitrogens with zero attached hydrogens (tertiary/aromatic N) is 3. The summed E-state index contributed by atoms with van der Waals surface area (Å²) in [4.78, 5) is 4.84. The van der Waals surface area contributed by atoms with Crippen molar-refractivity contribution < 1.29 is 12.8 Å². The van der Waals surface area contributed by atoms with Gasteiger partial charge in [-0.25, -0.2) is 18.1 Å². The molecule has 7 nitrogen and oxygen atoms in total. The fraction of sp³-hybridized carbons (Fsp3) is 0.0870. The molecule has 0 saturated heterocycles. The van der Waals surface area contributed by atoms with Crippen LogP contribution < -0.4 is 4.72 Å². The van der Waals surface area contributed by atoms with Gasteiger partial charge in [-0.2, -0.15) is 0 Å². The molecule has 2 heterocycles. The second kappa shape index (κ2) is 8.62. The molecule has 2 aromatic heterocycles. The fourth-order valence-corrected chi connectivity index (χ4v) is 5.25. The lowest BCUT2D eigenvalue weighted by Gasteiger charge is -2.03. The molecule has 0 amide bonds. The third-order valence-corrected chi connectivity index (χ3v) is 7.25. The molecule has 1 N–H and O–H groups in total. The molecule has 5 aromatic rings. The third kappa shape index (κ3) is 4.45. The minimum absolute atomic E-state index is 0.0789. The Bertz CT molecular complexity index is 1460. The van der Waals surface area contributed by atoms with Gasteiger partial charge in [-0.05, 0) is 35.4 Å². The number of hydrogen-bond acceptors (Lipinski definition) is 7. The maximum Gasteiger partial charge on any atom is 0.241 e. The monoisotopic (exact) mass is 462 g/mol. The van der Waals surface area contributed by atoms with Crippen molar-refractivity contribution in [2.24, 2.45) is 0 Å². The molecular formula is C23H18N4O3S2. The largest absolute Gasteiger partial charge is 0.423 e. The second-order valence-corrected chi connectivity index (χ2v) is 9.94. The molecule has 0 radical (unpaired) electrons. The number of thiazole rings is 1. The summed E-state index contributed by atoms with van der Waals surface area (Å²) in [7, 11) is -3.64. The van der Waals surface area contributed by atoms with Crippen LogP contribution in [0.5, 0.6) is 0 Å². The molecule has 3 aromatic carbocycles. The van der Waals surface area contributed by atoms with E-state index in [1.807, 2.05) is 24.3 Å². The van der Waals surface area contributed by atoms with Crippen LogP contribution in [0.3, 0.4) is 0 Å². The molecular weight excluding hydrogens is 444 g/mol. The predicted octanol–water partition coefficient (Wildman–Crippen LogP) is 4.42. The Balaban J connectivity index is 1.28. The summed E-state index contributed by atoms with van der Waals surface area (Å²) in [6, 6.07) is 24.5. The van der Waals surface area contributed by atoms with Crippen molar-refractivity contribution in [3.05, 3.63) is 95.7 Å². The van der Waals surface area contributed by atoms with E-state index in [-0.39, 0.29) is 17.3 Å². The second-order valence-electron chi connectivity index (χ2n) is 7.06. The molecule has 0 aliphatic carbocycles. The van der Waals surface area contributed by atoms with Gasteiger partial charge in [-0.1, -0.05) is 54.6 Å². The molecule has 9 heteroatoms. The lowest BCUT2D eigenvalue weighted by atomic mass is 10.1. The van der Waals surface area contributed by atoms with Crippen molar-refractivity contribution in [1.29, 1.82) is 0 Å². The van der Waals surface area contributed by atoms with E-state index in [9.17, 15) is 8.42 Å². The molecule has 5 rings (SSSR count). The minimum Gasteiger partial charge on any atom is -0.423 e. The summed E-state index contributed by atoms with van der Waals surface area (Å²) >= 11 is 1.57. The van der Waals surface area contributed by atoms with E-state index < -0.39 is 10.0 Å². The number of rotatable bonds is 7. The Labute approximate surface area is 188 Å². The van der Waals surface area contributed by atoms with E-state index in [4.69, 9.17) is 4.42 Å². The Kier molecular flexibility index (Phi) is 5.52. The number of aromatic nitrogens is 3. The van der Waals surface area contributed by atoms with E-state index in [2.05, 4.69) is 44.2 Å². The van der Waals surface area contributed by atoms with Crippen LogP contribution in [0.15, 0.2) is 88.2 Å². The topological polar surface area (TPSA) is 98.0 Å². The minimum atomic E-state index is -3.64. The van der Waals surface area contributed by atoms with Crippen LogP contribution in [0.1, 0.15) is 16.8 Å². The van der Waals surface area contributed by atoms with Gasteiger partial charge in [0.05, 0.1) is 28.1 Å². The van der Waals surface area contributed by atoms with Gasteiger partial charge >= 0.3 is 0 Å². The predicted molar refractivity (Wildman–Crippen MR) is 123 cm³/mol. The summed E-state index contributed by atoms with van der Waals surface area (Å²) < 4.78 is 33.8. The summed E-state index contributed by atoms with van der Waals surface area (Å²) in [6.07, 6.45) is 0.387. The van der Waals surface area contributed by atoms with E-state index in [1.165, 1.54) is 12.1 Å². The zero-order chi connectivity index (χ0) is 22.0. The van der Waals surface area contributed by atoms with Crippen molar-refractivity contribution in [2.75, 3.05) is 0 Å². The lowest BCUT2D eigenvalue weighted by Crippen LogP contribution is -2.23. The highest BCUT2D eigenvalue weighted by molar-refractivity contribution is 7.89. The Morgan fingerprint density at radius 1 is 0.844 bits per heavy atom. The molecule has 0 aliphatic heterocycles. The number of hydrogen-bond donors (Lipinski definition) is 1. The molecule has 0 atom stereocenters. The van der Waals surface area contributed by atoms with Gasteiger partial charge in [-0.15, -0.1) is 21.5 Å². The molecule has 0 bridgehead atoms. The molecule has 0 unspecified atom stereocenters. The molecule has 0 aliphatic rings. The van der Waals surface area contributed by atoms with Crippen molar-refractivity contribution in [3.8, 4) is 11.1 Å². The van der Waals surface area contributed by atoms with Crippen molar-refractivity contribution in [2.45, 2.75) is 17.9 Å². The average Bonchev–Trinajstić information content (AvgIpc) is 3.45. The number of fused-ring (bicyclic) bond motifs is 1. The van der Waals surface area contributed by atoms with Crippen LogP contribution in [-0.2, 0) is 23.0 Å². The number of nitrogens with one attached hydrogen (secondary N) is 1. The number of sulfonamides is 1. The van der Waals surface area contributed by atoms with E-state index in [0.29, 0.717) is 12.3 Å². The summed E-state index contributed by atoms with van der Waals surface area (Å²) in [5.74, 6) is 0.591. The Morgan fingerprint density at radius 3 is 2.34 bits per heavy atom. The smallest absolute Gasteiger partial charge is 0.241 e. The van der Waals surface area contributed by atoms with E-state index in [1.54, 1.807) is 29.5 Å². The average molecular weight is 463 g/mol. The van der Waals surface area contributed by atoms with Gasteiger partial charge in [-0.3, -0.25) is 0 Å². The van der Waals surface area contributed by atoms with Gasteiger partial charge in [0.15, 0.2) is 0 Å². The van der Waals surface area contributed by atoms with Crippen molar-refractivity contribution in [1.82, 2.24) is 19.9 Å². The maximum atomic E-state index is 12.3. The fourth-order valence-electron chi connectivity index (χ4n) is 3.26. The quantitative estimate of drug-likeness (QED) is 0.385. The van der Waals surface area contributed by atoms with E-state index >= 15 is 0 Å². The van der Waals surface area contributed by atoms with Crippen LogP contribution in [-0.4, -0.2) is 23.6 Å². The summed E-state index contributed by atoms with van der Waals surface area (Å²) in [5.41, 5.74) is 3.21. The molecule has 160 valence electrons. The molecule has 0 saturated carbocycles. The van der Waals surface area contributed by atoms with Gasteiger partial charge in [0.25, 0.3) is 0 Å². The lowest BCUT2D eigenvalue weighted by molar-refractivity contribution is 0.451. The van der Waals surface area contributed by atoms with Gasteiger partial charge in [0, 0.05) is 0 Å². The maximum absolute atomic E-state index is 12.3.